The average molecular weight is 164 g/mol. The van der Waals surface area contributed by atoms with Gasteiger partial charge in [0, 0.05) is 12.6 Å². The van der Waals surface area contributed by atoms with Crippen LogP contribution in [0.3, 0.4) is 0 Å². The third kappa shape index (κ3) is 2.12. The standard InChI is InChI=1S/C9H12N2O/c1-6(12)4-9-5-10-7(2)8(3)11-9/h5H,4H2,1-3H3. The van der Waals surface area contributed by atoms with Crippen LogP contribution in [-0.4, -0.2) is 15.8 Å². The summed E-state index contributed by atoms with van der Waals surface area (Å²) in [5, 5.41) is 0. The third-order valence-corrected chi connectivity index (χ3v) is 1.67. The minimum atomic E-state index is 0.118. The number of Topliss-reactive ketones (excluding diaryl/α,β-unsaturated/α-hetero) is 1. The molecule has 0 spiro atoms. The second-order valence-electron chi connectivity index (χ2n) is 2.91. The van der Waals surface area contributed by atoms with Gasteiger partial charge in [0.25, 0.3) is 0 Å². The van der Waals surface area contributed by atoms with Gasteiger partial charge in [-0.1, -0.05) is 0 Å². The number of nitrogens with zero attached hydrogens (tertiary/aromatic N) is 2. The summed E-state index contributed by atoms with van der Waals surface area (Å²) in [6.07, 6.45) is 2.04. The van der Waals surface area contributed by atoms with E-state index in [1.54, 1.807) is 13.1 Å². The van der Waals surface area contributed by atoms with Gasteiger partial charge in [0.15, 0.2) is 0 Å². The Balaban J connectivity index is 2.89. The molecule has 0 aliphatic carbocycles. The molecular weight excluding hydrogens is 152 g/mol. The van der Waals surface area contributed by atoms with Gasteiger partial charge < -0.3 is 0 Å². The van der Waals surface area contributed by atoms with E-state index in [-0.39, 0.29) is 5.78 Å². The lowest BCUT2D eigenvalue weighted by molar-refractivity contribution is -0.116. The molecule has 0 aliphatic rings. The second-order valence-corrected chi connectivity index (χ2v) is 2.91. The lowest BCUT2D eigenvalue weighted by atomic mass is 10.2. The molecule has 0 saturated heterocycles. The zero-order chi connectivity index (χ0) is 9.14. The molecule has 3 nitrogen and oxygen atoms in total. The SMILES string of the molecule is CC(=O)Cc1cnc(C)c(C)n1. The minimum absolute atomic E-state index is 0.118. The smallest absolute Gasteiger partial charge is 0.135 e. The quantitative estimate of drug-likeness (QED) is 0.660. The van der Waals surface area contributed by atoms with Gasteiger partial charge in [0.1, 0.15) is 5.78 Å². The van der Waals surface area contributed by atoms with E-state index in [2.05, 4.69) is 9.97 Å². The predicted molar refractivity (Wildman–Crippen MR) is 45.9 cm³/mol. The fourth-order valence-corrected chi connectivity index (χ4v) is 0.930. The first-order valence-corrected chi connectivity index (χ1v) is 3.88. The molecule has 0 amide bonds. The summed E-state index contributed by atoms with van der Waals surface area (Å²) in [4.78, 5) is 19.1. The first kappa shape index (κ1) is 8.84. The first-order chi connectivity index (χ1) is 5.59. The Hall–Kier alpha value is -1.25. The van der Waals surface area contributed by atoms with Crippen molar-refractivity contribution in [3.63, 3.8) is 0 Å². The van der Waals surface area contributed by atoms with Gasteiger partial charge in [-0.3, -0.25) is 14.8 Å². The van der Waals surface area contributed by atoms with E-state index in [0.29, 0.717) is 6.42 Å². The highest BCUT2D eigenvalue weighted by atomic mass is 16.1. The van der Waals surface area contributed by atoms with E-state index in [4.69, 9.17) is 0 Å². The van der Waals surface area contributed by atoms with E-state index in [9.17, 15) is 4.79 Å². The normalized spacial score (nSPS) is 9.92. The molecule has 0 unspecified atom stereocenters. The van der Waals surface area contributed by atoms with E-state index in [1.165, 1.54) is 0 Å². The number of aromatic nitrogens is 2. The lowest BCUT2D eigenvalue weighted by Crippen LogP contribution is -2.02. The fourth-order valence-electron chi connectivity index (χ4n) is 0.930. The van der Waals surface area contributed by atoms with Gasteiger partial charge in [-0.05, 0) is 20.8 Å². The lowest BCUT2D eigenvalue weighted by Gasteiger charge is -2.00. The number of ketones is 1. The van der Waals surface area contributed by atoms with Crippen LogP contribution in [-0.2, 0) is 11.2 Å². The maximum atomic E-state index is 10.7. The van der Waals surface area contributed by atoms with Gasteiger partial charge >= 0.3 is 0 Å². The summed E-state index contributed by atoms with van der Waals surface area (Å²) in [6.45, 7) is 5.35. The topological polar surface area (TPSA) is 42.9 Å². The molecule has 1 aromatic heterocycles. The summed E-state index contributed by atoms with van der Waals surface area (Å²) < 4.78 is 0. The number of hydrogen-bond acceptors (Lipinski definition) is 3. The zero-order valence-electron chi connectivity index (χ0n) is 7.59. The van der Waals surface area contributed by atoms with E-state index in [1.807, 2.05) is 13.8 Å². The van der Waals surface area contributed by atoms with Crippen LogP contribution in [0, 0.1) is 13.8 Å². The molecule has 3 heteroatoms. The molecule has 0 fully saturated rings. The first-order valence-electron chi connectivity index (χ1n) is 3.88. The van der Waals surface area contributed by atoms with Gasteiger partial charge in [-0.25, -0.2) is 0 Å². The van der Waals surface area contributed by atoms with Crippen molar-refractivity contribution < 1.29 is 4.79 Å². The minimum Gasteiger partial charge on any atom is -0.300 e. The Morgan fingerprint density at radius 2 is 2.08 bits per heavy atom. The van der Waals surface area contributed by atoms with Crippen LogP contribution in [0.5, 0.6) is 0 Å². The molecule has 0 saturated carbocycles. The van der Waals surface area contributed by atoms with Crippen LogP contribution < -0.4 is 0 Å². The monoisotopic (exact) mass is 164 g/mol. The Labute approximate surface area is 71.9 Å². The van der Waals surface area contributed by atoms with Crippen molar-refractivity contribution in [1.29, 1.82) is 0 Å². The summed E-state index contributed by atoms with van der Waals surface area (Å²) in [7, 11) is 0. The van der Waals surface area contributed by atoms with Crippen LogP contribution in [0.15, 0.2) is 6.20 Å². The van der Waals surface area contributed by atoms with Crippen molar-refractivity contribution in [2.24, 2.45) is 0 Å². The summed E-state index contributed by atoms with van der Waals surface area (Å²) >= 11 is 0. The van der Waals surface area contributed by atoms with Crippen molar-refractivity contribution in [3.05, 3.63) is 23.3 Å². The highest BCUT2D eigenvalue weighted by Crippen LogP contribution is 2.01. The number of aryl methyl sites for hydroxylation is 2. The van der Waals surface area contributed by atoms with E-state index >= 15 is 0 Å². The Morgan fingerprint density at radius 1 is 1.42 bits per heavy atom. The van der Waals surface area contributed by atoms with Gasteiger partial charge in [0.05, 0.1) is 17.1 Å². The summed E-state index contributed by atoms with van der Waals surface area (Å²) in [6, 6.07) is 0. The van der Waals surface area contributed by atoms with Crippen molar-refractivity contribution in [1.82, 2.24) is 9.97 Å². The van der Waals surface area contributed by atoms with Crippen molar-refractivity contribution >= 4 is 5.78 Å². The second kappa shape index (κ2) is 3.43. The molecule has 0 atom stereocenters. The Kier molecular flexibility index (Phi) is 2.53. The van der Waals surface area contributed by atoms with E-state index < -0.39 is 0 Å². The summed E-state index contributed by atoms with van der Waals surface area (Å²) in [5.41, 5.74) is 2.57. The number of carbonyl (C=O) groups excluding carboxylic acids is 1. The van der Waals surface area contributed by atoms with Crippen LogP contribution in [0.2, 0.25) is 0 Å². The Morgan fingerprint density at radius 3 is 2.58 bits per heavy atom. The number of carbonyl (C=O) groups is 1. The van der Waals surface area contributed by atoms with Crippen LogP contribution >= 0.6 is 0 Å². The third-order valence-electron chi connectivity index (χ3n) is 1.67. The van der Waals surface area contributed by atoms with Crippen LogP contribution in [0.25, 0.3) is 0 Å². The molecule has 0 N–H and O–H groups in total. The molecule has 0 aromatic carbocycles. The van der Waals surface area contributed by atoms with Gasteiger partial charge in [-0.15, -0.1) is 0 Å². The molecule has 0 aliphatic heterocycles. The largest absolute Gasteiger partial charge is 0.300 e. The van der Waals surface area contributed by atoms with Crippen molar-refractivity contribution in [3.8, 4) is 0 Å². The Bertz CT molecular complexity index is 307. The predicted octanol–water partition coefficient (Wildman–Crippen LogP) is 1.22. The molecule has 0 bridgehead atoms. The molecule has 64 valence electrons. The maximum absolute atomic E-state index is 10.7. The van der Waals surface area contributed by atoms with Gasteiger partial charge in [-0.2, -0.15) is 0 Å². The molecule has 1 rings (SSSR count). The van der Waals surface area contributed by atoms with Crippen LogP contribution in [0.4, 0.5) is 0 Å². The fraction of sp³-hybridized carbons (Fsp3) is 0.444. The van der Waals surface area contributed by atoms with Crippen LogP contribution in [0.1, 0.15) is 24.0 Å². The molecule has 1 heterocycles. The van der Waals surface area contributed by atoms with Crippen molar-refractivity contribution in [2.75, 3.05) is 0 Å². The molecular formula is C9H12N2O. The van der Waals surface area contributed by atoms with Gasteiger partial charge in [0.2, 0.25) is 0 Å². The molecule has 1 aromatic rings. The molecule has 0 radical (unpaired) electrons. The summed E-state index contributed by atoms with van der Waals surface area (Å²) in [5.74, 6) is 0.118. The molecule has 12 heavy (non-hydrogen) atoms. The number of rotatable bonds is 2. The van der Waals surface area contributed by atoms with Crippen molar-refractivity contribution in [2.45, 2.75) is 27.2 Å². The van der Waals surface area contributed by atoms with E-state index in [0.717, 1.165) is 17.1 Å². The number of hydrogen-bond donors (Lipinski definition) is 0. The zero-order valence-corrected chi connectivity index (χ0v) is 7.59. The maximum Gasteiger partial charge on any atom is 0.135 e. The highest BCUT2D eigenvalue weighted by Gasteiger charge is 2.01. The highest BCUT2D eigenvalue weighted by molar-refractivity contribution is 5.77. The average Bonchev–Trinajstić information content (AvgIpc) is 1.96.